The summed E-state index contributed by atoms with van der Waals surface area (Å²) < 4.78 is 0. The van der Waals surface area contributed by atoms with Crippen molar-refractivity contribution in [3.63, 3.8) is 0 Å². The van der Waals surface area contributed by atoms with Gasteiger partial charge in [-0.15, -0.1) is 0 Å². The van der Waals surface area contributed by atoms with Gasteiger partial charge in [0.1, 0.15) is 5.69 Å². The molecule has 1 amide bonds. The van der Waals surface area contributed by atoms with Crippen LogP contribution in [0.2, 0.25) is 0 Å². The van der Waals surface area contributed by atoms with Gasteiger partial charge in [-0.25, -0.2) is 9.97 Å². The number of benzene rings is 1. The fourth-order valence-corrected chi connectivity index (χ4v) is 2.31. The van der Waals surface area contributed by atoms with Crippen molar-refractivity contribution >= 4 is 11.9 Å². The minimum absolute atomic E-state index is 0.156. The summed E-state index contributed by atoms with van der Waals surface area (Å²) in [6, 6.07) is 12.0. The zero-order valence-corrected chi connectivity index (χ0v) is 14.9. The number of amides is 1. The minimum Gasteiger partial charge on any atom is -0.351 e. The lowest BCUT2D eigenvalue weighted by molar-refractivity contribution is 0.0948. The lowest BCUT2D eigenvalue weighted by atomic mass is 10.1. The standard InChI is InChI=1S/C19H26N4O/c1-14-13-16(22-18(21-14)23-19(2,3)4)17(24)20-12-8-11-15-9-6-5-7-10-15/h5-7,9-10,13H,8,11-12H2,1-4H3,(H,20,24)(H,21,22,23). The van der Waals surface area contributed by atoms with E-state index in [1.54, 1.807) is 6.07 Å². The average molecular weight is 326 g/mol. The predicted molar refractivity (Wildman–Crippen MR) is 97.2 cm³/mol. The highest BCUT2D eigenvalue weighted by Crippen LogP contribution is 2.11. The molecule has 0 saturated heterocycles. The van der Waals surface area contributed by atoms with Crippen molar-refractivity contribution in [2.75, 3.05) is 11.9 Å². The molecule has 0 spiro atoms. The fraction of sp³-hybridized carbons (Fsp3) is 0.421. The van der Waals surface area contributed by atoms with Crippen molar-refractivity contribution in [2.45, 2.75) is 46.1 Å². The Morgan fingerprint density at radius 3 is 2.50 bits per heavy atom. The van der Waals surface area contributed by atoms with E-state index >= 15 is 0 Å². The first kappa shape index (κ1) is 17.9. The molecule has 0 radical (unpaired) electrons. The predicted octanol–water partition coefficient (Wildman–Crippen LogP) is 3.36. The van der Waals surface area contributed by atoms with Crippen molar-refractivity contribution in [1.29, 1.82) is 0 Å². The molecule has 1 aromatic carbocycles. The summed E-state index contributed by atoms with van der Waals surface area (Å²) in [5, 5.41) is 6.13. The Morgan fingerprint density at radius 2 is 1.83 bits per heavy atom. The van der Waals surface area contributed by atoms with Crippen LogP contribution in [0.3, 0.4) is 0 Å². The van der Waals surface area contributed by atoms with E-state index in [-0.39, 0.29) is 11.4 Å². The molecule has 1 aromatic heterocycles. The smallest absolute Gasteiger partial charge is 0.270 e. The third-order valence-electron chi connectivity index (χ3n) is 3.34. The molecule has 24 heavy (non-hydrogen) atoms. The first-order valence-electron chi connectivity index (χ1n) is 8.29. The molecule has 0 aliphatic carbocycles. The van der Waals surface area contributed by atoms with Crippen LogP contribution in [0.15, 0.2) is 36.4 Å². The average Bonchev–Trinajstić information content (AvgIpc) is 2.50. The van der Waals surface area contributed by atoms with Gasteiger partial charge in [-0.2, -0.15) is 0 Å². The topological polar surface area (TPSA) is 66.9 Å². The second-order valence-corrected chi connectivity index (χ2v) is 6.94. The van der Waals surface area contributed by atoms with Gasteiger partial charge in [-0.1, -0.05) is 30.3 Å². The number of carbonyl (C=O) groups excluding carboxylic acids is 1. The molecule has 5 nitrogen and oxygen atoms in total. The van der Waals surface area contributed by atoms with E-state index in [2.05, 4.69) is 32.7 Å². The van der Waals surface area contributed by atoms with Crippen LogP contribution in [0.25, 0.3) is 0 Å². The van der Waals surface area contributed by atoms with E-state index in [1.165, 1.54) is 5.56 Å². The summed E-state index contributed by atoms with van der Waals surface area (Å²) in [5.41, 5.74) is 2.29. The first-order valence-corrected chi connectivity index (χ1v) is 8.29. The molecule has 2 rings (SSSR count). The van der Waals surface area contributed by atoms with Crippen LogP contribution in [0.1, 0.15) is 48.9 Å². The van der Waals surface area contributed by atoms with Gasteiger partial charge in [-0.3, -0.25) is 4.79 Å². The van der Waals surface area contributed by atoms with E-state index < -0.39 is 0 Å². The Bertz CT molecular complexity index is 678. The Labute approximate surface area is 143 Å². The molecule has 0 saturated carbocycles. The molecular weight excluding hydrogens is 300 g/mol. The molecule has 2 N–H and O–H groups in total. The van der Waals surface area contributed by atoms with Crippen LogP contribution in [0.5, 0.6) is 0 Å². The Balaban J connectivity index is 1.89. The maximum Gasteiger partial charge on any atom is 0.270 e. The van der Waals surface area contributed by atoms with E-state index in [4.69, 9.17) is 0 Å². The van der Waals surface area contributed by atoms with Crippen LogP contribution < -0.4 is 10.6 Å². The molecule has 0 bridgehead atoms. The maximum atomic E-state index is 12.3. The molecule has 0 aliphatic rings. The number of nitrogens with one attached hydrogen (secondary N) is 2. The van der Waals surface area contributed by atoms with Gasteiger partial charge in [0.25, 0.3) is 5.91 Å². The Morgan fingerprint density at radius 1 is 1.12 bits per heavy atom. The van der Waals surface area contributed by atoms with Crippen molar-refractivity contribution in [1.82, 2.24) is 15.3 Å². The Hall–Kier alpha value is -2.43. The molecule has 128 valence electrons. The lowest BCUT2D eigenvalue weighted by Crippen LogP contribution is -2.29. The number of nitrogens with zero attached hydrogens (tertiary/aromatic N) is 2. The van der Waals surface area contributed by atoms with Gasteiger partial charge in [0.15, 0.2) is 0 Å². The largest absolute Gasteiger partial charge is 0.351 e. The molecule has 0 fully saturated rings. The quantitative estimate of drug-likeness (QED) is 0.799. The summed E-state index contributed by atoms with van der Waals surface area (Å²) >= 11 is 0. The number of anilines is 1. The van der Waals surface area contributed by atoms with Gasteiger partial charge in [0, 0.05) is 17.8 Å². The number of rotatable bonds is 6. The normalized spacial score (nSPS) is 11.2. The van der Waals surface area contributed by atoms with Crippen molar-refractivity contribution in [3.05, 3.63) is 53.3 Å². The molecule has 0 aliphatic heterocycles. The van der Waals surface area contributed by atoms with Gasteiger partial charge in [0.2, 0.25) is 5.95 Å². The number of hydrogen-bond acceptors (Lipinski definition) is 4. The van der Waals surface area contributed by atoms with Gasteiger partial charge >= 0.3 is 0 Å². The van der Waals surface area contributed by atoms with Crippen molar-refractivity contribution < 1.29 is 4.79 Å². The second kappa shape index (κ2) is 7.90. The summed E-state index contributed by atoms with van der Waals surface area (Å²) in [7, 11) is 0. The molecule has 5 heteroatoms. The second-order valence-electron chi connectivity index (χ2n) is 6.94. The highest BCUT2D eigenvalue weighted by molar-refractivity contribution is 5.92. The fourth-order valence-electron chi connectivity index (χ4n) is 2.31. The molecular formula is C19H26N4O. The van der Waals surface area contributed by atoms with E-state index in [0.717, 1.165) is 18.5 Å². The SMILES string of the molecule is Cc1cc(C(=O)NCCCc2ccccc2)nc(NC(C)(C)C)n1. The third-order valence-corrected chi connectivity index (χ3v) is 3.34. The zero-order valence-electron chi connectivity index (χ0n) is 14.9. The monoisotopic (exact) mass is 326 g/mol. The van der Waals surface area contributed by atoms with Gasteiger partial charge in [0.05, 0.1) is 0 Å². The lowest BCUT2D eigenvalue weighted by Gasteiger charge is -2.20. The third kappa shape index (κ3) is 5.99. The zero-order chi connectivity index (χ0) is 17.6. The van der Waals surface area contributed by atoms with Crippen LogP contribution in [0.4, 0.5) is 5.95 Å². The van der Waals surface area contributed by atoms with Gasteiger partial charge < -0.3 is 10.6 Å². The van der Waals surface area contributed by atoms with Crippen LogP contribution >= 0.6 is 0 Å². The van der Waals surface area contributed by atoms with Crippen LogP contribution in [0, 0.1) is 6.92 Å². The number of aromatic nitrogens is 2. The summed E-state index contributed by atoms with van der Waals surface area (Å²) in [6.07, 6.45) is 1.84. The number of hydrogen-bond donors (Lipinski definition) is 2. The maximum absolute atomic E-state index is 12.3. The summed E-state index contributed by atoms with van der Waals surface area (Å²) in [5.74, 6) is 0.322. The molecule has 2 aromatic rings. The van der Waals surface area contributed by atoms with Crippen LogP contribution in [-0.4, -0.2) is 28.0 Å². The highest BCUT2D eigenvalue weighted by Gasteiger charge is 2.14. The van der Waals surface area contributed by atoms with E-state index in [9.17, 15) is 4.79 Å². The highest BCUT2D eigenvalue weighted by atomic mass is 16.1. The molecule has 0 atom stereocenters. The van der Waals surface area contributed by atoms with Gasteiger partial charge in [-0.05, 0) is 52.2 Å². The van der Waals surface area contributed by atoms with E-state index in [0.29, 0.717) is 18.2 Å². The van der Waals surface area contributed by atoms with Crippen LogP contribution in [-0.2, 0) is 6.42 Å². The number of aryl methyl sites for hydroxylation is 2. The van der Waals surface area contributed by atoms with Crippen molar-refractivity contribution in [3.8, 4) is 0 Å². The van der Waals surface area contributed by atoms with Crippen molar-refractivity contribution in [2.24, 2.45) is 0 Å². The molecule has 0 unspecified atom stereocenters. The summed E-state index contributed by atoms with van der Waals surface area (Å²) in [4.78, 5) is 21.0. The molecule has 1 heterocycles. The number of carbonyl (C=O) groups is 1. The summed E-state index contributed by atoms with van der Waals surface area (Å²) in [6.45, 7) is 8.58. The first-order chi connectivity index (χ1) is 11.3. The minimum atomic E-state index is -0.162. The van der Waals surface area contributed by atoms with E-state index in [1.807, 2.05) is 45.9 Å². The Kier molecular flexibility index (Phi) is 5.90.